The van der Waals surface area contributed by atoms with Crippen LogP contribution in [0, 0.1) is 0 Å². The van der Waals surface area contributed by atoms with Crippen molar-refractivity contribution in [2.24, 2.45) is 0 Å². The van der Waals surface area contributed by atoms with Gasteiger partial charge in [0.05, 0.1) is 4.90 Å². The number of carbonyl (C=O) groups excluding carboxylic acids is 1. The highest BCUT2D eigenvalue weighted by molar-refractivity contribution is 7.92. The number of nitrogens with one attached hydrogen (secondary N) is 1. The molecule has 1 amide bonds. The number of hydrogen-bond donors (Lipinski definition) is 1. The molecule has 18 heavy (non-hydrogen) atoms. The van der Waals surface area contributed by atoms with Crippen LogP contribution in [-0.4, -0.2) is 23.5 Å². The van der Waals surface area contributed by atoms with Gasteiger partial charge in [0.15, 0.2) is 5.37 Å². The SMILES string of the molecule is CC(=O)NC(C(Cl)(Cl)Cl)S(=O)(=O)c1ccccc1. The van der Waals surface area contributed by atoms with Crippen molar-refractivity contribution in [2.75, 3.05) is 0 Å². The maximum Gasteiger partial charge on any atom is 0.225 e. The summed E-state index contributed by atoms with van der Waals surface area (Å²) in [6, 6.07) is 7.45. The molecule has 4 nitrogen and oxygen atoms in total. The number of alkyl halides is 3. The number of benzene rings is 1. The lowest BCUT2D eigenvalue weighted by atomic mass is 10.4. The lowest BCUT2D eigenvalue weighted by Gasteiger charge is -2.24. The molecule has 1 rings (SSSR count). The molecule has 0 bridgehead atoms. The first-order valence-electron chi connectivity index (χ1n) is 4.78. The summed E-state index contributed by atoms with van der Waals surface area (Å²) in [7, 11) is -3.98. The molecule has 1 aromatic rings. The summed E-state index contributed by atoms with van der Waals surface area (Å²) in [5, 5.41) is 0.492. The van der Waals surface area contributed by atoms with E-state index in [9.17, 15) is 13.2 Å². The molecule has 0 radical (unpaired) electrons. The van der Waals surface area contributed by atoms with Gasteiger partial charge in [0.1, 0.15) is 0 Å². The van der Waals surface area contributed by atoms with Gasteiger partial charge in [-0.1, -0.05) is 53.0 Å². The molecule has 0 aliphatic rings. The predicted octanol–water partition coefficient (Wildman–Crippen LogP) is 2.29. The van der Waals surface area contributed by atoms with Gasteiger partial charge in [-0.05, 0) is 12.1 Å². The quantitative estimate of drug-likeness (QED) is 0.865. The van der Waals surface area contributed by atoms with Crippen molar-refractivity contribution >= 4 is 50.5 Å². The fraction of sp³-hybridized carbons (Fsp3) is 0.300. The van der Waals surface area contributed by atoms with Crippen molar-refractivity contribution in [1.82, 2.24) is 5.32 Å². The summed E-state index contributed by atoms with van der Waals surface area (Å²) < 4.78 is 22.3. The normalized spacial score (nSPS) is 14.0. The minimum Gasteiger partial charge on any atom is -0.336 e. The van der Waals surface area contributed by atoms with E-state index in [1.165, 1.54) is 24.3 Å². The van der Waals surface area contributed by atoms with Crippen molar-refractivity contribution < 1.29 is 13.2 Å². The molecule has 100 valence electrons. The van der Waals surface area contributed by atoms with E-state index < -0.39 is 24.9 Å². The van der Waals surface area contributed by atoms with Gasteiger partial charge in [0, 0.05) is 6.92 Å². The van der Waals surface area contributed by atoms with Crippen LogP contribution in [0.2, 0.25) is 0 Å². The van der Waals surface area contributed by atoms with E-state index in [0.717, 1.165) is 6.92 Å². The minimum absolute atomic E-state index is 0.0323. The van der Waals surface area contributed by atoms with E-state index in [0.29, 0.717) is 0 Å². The molecule has 0 heterocycles. The lowest BCUT2D eigenvalue weighted by molar-refractivity contribution is -0.119. The Bertz CT molecular complexity index is 525. The highest BCUT2D eigenvalue weighted by atomic mass is 35.6. The third kappa shape index (κ3) is 3.75. The third-order valence-corrected chi connectivity index (χ3v) is 5.08. The Labute approximate surface area is 120 Å². The Morgan fingerprint density at radius 3 is 2.11 bits per heavy atom. The fourth-order valence-electron chi connectivity index (χ4n) is 1.27. The summed E-state index contributed by atoms with van der Waals surface area (Å²) in [6.45, 7) is 1.14. The second-order valence-electron chi connectivity index (χ2n) is 3.48. The van der Waals surface area contributed by atoms with Crippen LogP contribution in [0.4, 0.5) is 0 Å². The number of amides is 1. The zero-order valence-corrected chi connectivity index (χ0v) is 12.3. The summed E-state index contributed by atoms with van der Waals surface area (Å²) in [5.41, 5.74) is 0. The van der Waals surface area contributed by atoms with Crippen LogP contribution in [0.15, 0.2) is 35.2 Å². The van der Waals surface area contributed by atoms with Crippen LogP contribution in [0.1, 0.15) is 6.92 Å². The van der Waals surface area contributed by atoms with E-state index in [2.05, 4.69) is 5.32 Å². The monoisotopic (exact) mass is 329 g/mol. The Morgan fingerprint density at radius 2 is 1.72 bits per heavy atom. The van der Waals surface area contributed by atoms with E-state index in [4.69, 9.17) is 34.8 Å². The zero-order chi connectivity index (χ0) is 14.0. The van der Waals surface area contributed by atoms with Gasteiger partial charge in [0.25, 0.3) is 0 Å². The van der Waals surface area contributed by atoms with Gasteiger partial charge in [-0.25, -0.2) is 8.42 Å². The Morgan fingerprint density at radius 1 is 1.22 bits per heavy atom. The highest BCUT2D eigenvalue weighted by Crippen LogP contribution is 2.35. The first-order valence-corrected chi connectivity index (χ1v) is 7.46. The van der Waals surface area contributed by atoms with E-state index in [1.807, 2.05) is 0 Å². The molecule has 1 unspecified atom stereocenters. The van der Waals surface area contributed by atoms with Crippen molar-refractivity contribution in [3.63, 3.8) is 0 Å². The van der Waals surface area contributed by atoms with Gasteiger partial charge < -0.3 is 5.32 Å². The summed E-state index contributed by atoms with van der Waals surface area (Å²) >= 11 is 16.8. The molecule has 0 aliphatic carbocycles. The van der Waals surface area contributed by atoms with Crippen LogP contribution >= 0.6 is 34.8 Å². The molecular weight excluding hydrogens is 321 g/mol. The molecule has 0 fully saturated rings. The van der Waals surface area contributed by atoms with Gasteiger partial charge >= 0.3 is 0 Å². The van der Waals surface area contributed by atoms with Crippen LogP contribution in [0.25, 0.3) is 0 Å². The molecule has 0 aliphatic heterocycles. The lowest BCUT2D eigenvalue weighted by Crippen LogP contribution is -2.48. The maximum absolute atomic E-state index is 12.2. The van der Waals surface area contributed by atoms with Crippen molar-refractivity contribution in [3.05, 3.63) is 30.3 Å². The zero-order valence-electron chi connectivity index (χ0n) is 9.23. The van der Waals surface area contributed by atoms with Crippen LogP contribution in [-0.2, 0) is 14.6 Å². The molecule has 1 atom stereocenters. The number of carbonyl (C=O) groups is 1. The average molecular weight is 331 g/mol. The molecule has 0 aromatic heterocycles. The molecule has 8 heteroatoms. The standard InChI is InChI=1S/C10H10Cl3NO3S/c1-7(15)14-9(10(11,12)13)18(16,17)8-5-3-2-4-6-8/h2-6,9H,1H3,(H,14,15). The van der Waals surface area contributed by atoms with Gasteiger partial charge in [0.2, 0.25) is 19.5 Å². The topological polar surface area (TPSA) is 63.2 Å². The summed E-state index contributed by atoms with van der Waals surface area (Å²) in [4.78, 5) is 11.0. The van der Waals surface area contributed by atoms with E-state index in [-0.39, 0.29) is 4.90 Å². The van der Waals surface area contributed by atoms with Crippen LogP contribution < -0.4 is 5.32 Å². The summed E-state index contributed by atoms with van der Waals surface area (Å²) in [6.07, 6.45) is 0. The molecule has 1 aromatic carbocycles. The largest absolute Gasteiger partial charge is 0.336 e. The fourth-order valence-corrected chi connectivity index (χ4v) is 3.97. The number of hydrogen-bond acceptors (Lipinski definition) is 3. The third-order valence-electron chi connectivity index (χ3n) is 2.01. The van der Waals surface area contributed by atoms with E-state index >= 15 is 0 Å². The number of sulfone groups is 1. The Balaban J connectivity index is 3.25. The number of rotatable bonds is 3. The molecule has 0 spiro atoms. The molecule has 0 saturated heterocycles. The molecular formula is C10H10Cl3NO3S. The summed E-state index contributed by atoms with van der Waals surface area (Å²) in [5.74, 6) is -0.606. The smallest absolute Gasteiger partial charge is 0.225 e. The minimum atomic E-state index is -3.98. The number of halogens is 3. The van der Waals surface area contributed by atoms with Crippen molar-refractivity contribution in [2.45, 2.75) is 21.0 Å². The first-order chi connectivity index (χ1) is 8.15. The average Bonchev–Trinajstić information content (AvgIpc) is 2.25. The van der Waals surface area contributed by atoms with Crippen LogP contribution in [0.3, 0.4) is 0 Å². The van der Waals surface area contributed by atoms with Gasteiger partial charge in [-0.2, -0.15) is 0 Å². The van der Waals surface area contributed by atoms with Crippen LogP contribution in [0.5, 0.6) is 0 Å². The van der Waals surface area contributed by atoms with Gasteiger partial charge in [-0.15, -0.1) is 0 Å². The molecule has 1 N–H and O–H groups in total. The predicted molar refractivity (Wildman–Crippen MR) is 71.5 cm³/mol. The van der Waals surface area contributed by atoms with E-state index in [1.54, 1.807) is 6.07 Å². The second-order valence-corrected chi connectivity index (χ2v) is 7.88. The molecule has 0 saturated carbocycles. The maximum atomic E-state index is 12.2. The Hall–Kier alpha value is -0.490. The van der Waals surface area contributed by atoms with Crippen molar-refractivity contribution in [3.8, 4) is 0 Å². The van der Waals surface area contributed by atoms with Crippen molar-refractivity contribution in [1.29, 1.82) is 0 Å². The van der Waals surface area contributed by atoms with Gasteiger partial charge in [-0.3, -0.25) is 4.79 Å². The first kappa shape index (κ1) is 15.6. The highest BCUT2D eigenvalue weighted by Gasteiger charge is 2.44. The second kappa shape index (κ2) is 5.65. The Kier molecular flexibility index (Phi) is 4.89.